The average Bonchev–Trinajstić information content (AvgIpc) is 2.45. The molecule has 1 unspecified atom stereocenters. The van der Waals surface area contributed by atoms with E-state index in [0.29, 0.717) is 12.2 Å². The van der Waals surface area contributed by atoms with Crippen LogP contribution >= 0.6 is 0 Å². The molecule has 0 saturated carbocycles. The van der Waals surface area contributed by atoms with Gasteiger partial charge in [0.2, 0.25) is 0 Å². The second-order valence-electron chi connectivity index (χ2n) is 6.04. The Morgan fingerprint density at radius 3 is 1.79 bits per heavy atom. The average molecular weight is 342 g/mol. The molecule has 0 aliphatic heterocycles. The maximum Gasteiger partial charge on any atom is 0.331 e. The number of hydrogen-bond donors (Lipinski definition) is 2. The van der Waals surface area contributed by atoms with Crippen molar-refractivity contribution in [2.45, 2.75) is 33.8 Å². The minimum Gasteiger partial charge on any atom is -0.478 e. The summed E-state index contributed by atoms with van der Waals surface area (Å²) in [6, 6.07) is 0. The lowest BCUT2D eigenvalue weighted by atomic mass is 9.81. The molecule has 24 heavy (non-hydrogen) atoms. The van der Waals surface area contributed by atoms with Crippen molar-refractivity contribution >= 4 is 23.9 Å². The van der Waals surface area contributed by atoms with Crippen molar-refractivity contribution in [1.29, 1.82) is 0 Å². The third-order valence-corrected chi connectivity index (χ3v) is 2.93. The largest absolute Gasteiger partial charge is 0.478 e. The van der Waals surface area contributed by atoms with Crippen molar-refractivity contribution in [2.75, 3.05) is 6.61 Å². The SMILES string of the molecule is CC(C)C(OC(=O)/C=C/C(=O)O)C(C)(C)COC(=O)/C=C/C(=O)O. The highest BCUT2D eigenvalue weighted by Gasteiger charge is 2.36. The topological polar surface area (TPSA) is 127 Å². The van der Waals surface area contributed by atoms with E-state index in [1.165, 1.54) is 0 Å². The van der Waals surface area contributed by atoms with Crippen molar-refractivity contribution in [1.82, 2.24) is 0 Å². The van der Waals surface area contributed by atoms with Gasteiger partial charge in [0.25, 0.3) is 0 Å². The molecule has 0 radical (unpaired) electrons. The van der Waals surface area contributed by atoms with Crippen LogP contribution in [0, 0.1) is 11.3 Å². The Kier molecular flexibility index (Phi) is 8.44. The predicted molar refractivity (Wildman–Crippen MR) is 83.0 cm³/mol. The maximum atomic E-state index is 11.7. The van der Waals surface area contributed by atoms with Gasteiger partial charge < -0.3 is 19.7 Å². The first kappa shape index (κ1) is 21.4. The van der Waals surface area contributed by atoms with Gasteiger partial charge in [-0.15, -0.1) is 0 Å². The summed E-state index contributed by atoms with van der Waals surface area (Å²) in [6.07, 6.45) is 2.26. The monoisotopic (exact) mass is 342 g/mol. The Morgan fingerprint density at radius 1 is 0.917 bits per heavy atom. The van der Waals surface area contributed by atoms with Gasteiger partial charge in [-0.05, 0) is 5.92 Å². The summed E-state index contributed by atoms with van der Waals surface area (Å²) in [5.74, 6) is -4.32. The molecule has 0 aliphatic carbocycles. The fourth-order valence-electron chi connectivity index (χ4n) is 2.03. The quantitative estimate of drug-likeness (QED) is 0.475. The molecule has 0 amide bonds. The van der Waals surface area contributed by atoms with Crippen LogP contribution in [0.15, 0.2) is 24.3 Å². The highest BCUT2D eigenvalue weighted by atomic mass is 16.6. The number of hydrogen-bond acceptors (Lipinski definition) is 6. The summed E-state index contributed by atoms with van der Waals surface area (Å²) in [5, 5.41) is 16.9. The van der Waals surface area contributed by atoms with Gasteiger partial charge in [-0.3, -0.25) is 0 Å². The van der Waals surface area contributed by atoms with Crippen LogP contribution in [0.3, 0.4) is 0 Å². The summed E-state index contributed by atoms with van der Waals surface area (Å²) < 4.78 is 10.2. The lowest BCUT2D eigenvalue weighted by Crippen LogP contribution is -2.41. The van der Waals surface area contributed by atoms with Gasteiger partial charge in [0, 0.05) is 29.7 Å². The Bertz CT molecular complexity index is 542. The van der Waals surface area contributed by atoms with E-state index in [4.69, 9.17) is 19.7 Å². The van der Waals surface area contributed by atoms with Gasteiger partial charge in [-0.1, -0.05) is 27.7 Å². The third kappa shape index (κ3) is 8.72. The molecule has 2 N–H and O–H groups in total. The van der Waals surface area contributed by atoms with E-state index in [-0.39, 0.29) is 12.5 Å². The molecule has 0 aromatic carbocycles. The number of carboxylic acids is 2. The first-order chi connectivity index (χ1) is 11.0. The van der Waals surface area contributed by atoms with Crippen molar-refractivity contribution in [3.8, 4) is 0 Å². The Balaban J connectivity index is 4.89. The van der Waals surface area contributed by atoms with Gasteiger partial charge in [-0.2, -0.15) is 0 Å². The van der Waals surface area contributed by atoms with Crippen LogP contribution in [0.25, 0.3) is 0 Å². The molecular formula is C16H22O8. The summed E-state index contributed by atoms with van der Waals surface area (Å²) in [7, 11) is 0. The van der Waals surface area contributed by atoms with Crippen LogP contribution in [0.4, 0.5) is 0 Å². The number of carboxylic acid groups (broad SMARTS) is 2. The number of carbonyl (C=O) groups is 4. The predicted octanol–water partition coefficient (Wildman–Crippen LogP) is 1.41. The molecular weight excluding hydrogens is 320 g/mol. The second-order valence-corrected chi connectivity index (χ2v) is 6.04. The first-order valence-corrected chi connectivity index (χ1v) is 7.15. The van der Waals surface area contributed by atoms with Crippen molar-refractivity contribution in [2.24, 2.45) is 11.3 Å². The molecule has 0 saturated heterocycles. The van der Waals surface area contributed by atoms with Gasteiger partial charge >= 0.3 is 23.9 Å². The van der Waals surface area contributed by atoms with Crippen molar-refractivity contribution < 1.29 is 38.9 Å². The zero-order valence-electron chi connectivity index (χ0n) is 14.0. The number of ether oxygens (including phenoxy) is 2. The molecule has 8 heteroatoms. The second kappa shape index (κ2) is 9.49. The summed E-state index contributed by atoms with van der Waals surface area (Å²) in [6.45, 7) is 6.90. The Hall–Kier alpha value is -2.64. The number of rotatable bonds is 9. The molecule has 1 atom stereocenters. The fraction of sp³-hybridized carbons (Fsp3) is 0.500. The first-order valence-electron chi connectivity index (χ1n) is 7.15. The Morgan fingerprint density at radius 2 is 1.38 bits per heavy atom. The van der Waals surface area contributed by atoms with Crippen LogP contribution < -0.4 is 0 Å². The van der Waals surface area contributed by atoms with Crippen LogP contribution in [-0.4, -0.2) is 46.8 Å². The van der Waals surface area contributed by atoms with E-state index in [9.17, 15) is 19.2 Å². The lowest BCUT2D eigenvalue weighted by Gasteiger charge is -2.35. The number of aliphatic carboxylic acids is 2. The van der Waals surface area contributed by atoms with E-state index < -0.39 is 35.4 Å². The highest BCUT2D eigenvalue weighted by molar-refractivity contribution is 5.91. The molecule has 0 fully saturated rings. The molecule has 0 aromatic rings. The van der Waals surface area contributed by atoms with Gasteiger partial charge in [0.05, 0.1) is 0 Å². The zero-order chi connectivity index (χ0) is 18.9. The van der Waals surface area contributed by atoms with E-state index >= 15 is 0 Å². The van der Waals surface area contributed by atoms with E-state index in [2.05, 4.69) is 0 Å². The third-order valence-electron chi connectivity index (χ3n) is 2.93. The van der Waals surface area contributed by atoms with Crippen molar-refractivity contribution in [3.05, 3.63) is 24.3 Å². The number of esters is 2. The van der Waals surface area contributed by atoms with Crippen LogP contribution in [-0.2, 0) is 28.7 Å². The summed E-state index contributed by atoms with van der Waals surface area (Å²) in [4.78, 5) is 43.8. The molecule has 0 heterocycles. The van der Waals surface area contributed by atoms with Gasteiger partial charge in [0.1, 0.15) is 12.7 Å². The lowest BCUT2D eigenvalue weighted by molar-refractivity contribution is -0.159. The van der Waals surface area contributed by atoms with Gasteiger partial charge in [-0.25, -0.2) is 19.2 Å². The van der Waals surface area contributed by atoms with Crippen LogP contribution in [0.1, 0.15) is 27.7 Å². The number of carbonyl (C=O) groups excluding carboxylic acids is 2. The van der Waals surface area contributed by atoms with Crippen molar-refractivity contribution in [3.63, 3.8) is 0 Å². The van der Waals surface area contributed by atoms with E-state index in [1.54, 1.807) is 27.7 Å². The smallest absolute Gasteiger partial charge is 0.331 e. The molecule has 0 aliphatic rings. The molecule has 8 nitrogen and oxygen atoms in total. The Labute approximate surface area is 139 Å². The van der Waals surface area contributed by atoms with E-state index in [1.807, 2.05) is 0 Å². The molecule has 134 valence electrons. The summed E-state index contributed by atoms with van der Waals surface area (Å²) >= 11 is 0. The minimum atomic E-state index is -1.27. The standard InChI is InChI=1S/C16H22O8/c1-10(2)15(24-14(22)8-6-12(19)20)16(3,4)9-23-13(21)7-5-11(17)18/h5-8,10,15H,9H2,1-4H3,(H,17,18)(H,19,20)/b7-5+,8-6+. The fourth-order valence-corrected chi connectivity index (χ4v) is 2.03. The van der Waals surface area contributed by atoms with Crippen LogP contribution in [0.5, 0.6) is 0 Å². The summed E-state index contributed by atoms with van der Waals surface area (Å²) in [5.41, 5.74) is -0.770. The highest BCUT2D eigenvalue weighted by Crippen LogP contribution is 2.29. The molecule has 0 aromatic heterocycles. The maximum absolute atomic E-state index is 11.7. The van der Waals surface area contributed by atoms with E-state index in [0.717, 1.165) is 12.2 Å². The normalized spacial score (nSPS) is 13.2. The minimum absolute atomic E-state index is 0.117. The molecule has 0 bridgehead atoms. The van der Waals surface area contributed by atoms with Gasteiger partial charge in [0.15, 0.2) is 0 Å². The van der Waals surface area contributed by atoms with Crippen LogP contribution in [0.2, 0.25) is 0 Å². The zero-order valence-corrected chi connectivity index (χ0v) is 14.0. The molecule has 0 spiro atoms. The molecule has 0 rings (SSSR count).